The molecule has 0 radical (unpaired) electrons. The smallest absolute Gasteiger partial charge is 0.292 e. The van der Waals surface area contributed by atoms with E-state index in [4.69, 9.17) is 5.73 Å². The van der Waals surface area contributed by atoms with Gasteiger partial charge in [0.1, 0.15) is 0 Å². The van der Waals surface area contributed by atoms with E-state index in [-0.39, 0.29) is 17.3 Å². The van der Waals surface area contributed by atoms with Crippen LogP contribution in [0.4, 0.5) is 5.82 Å². The Kier molecular flexibility index (Phi) is 4.33. The SMILES string of the molecule is Cc1nnn(-c2nonc2N)c1C(=O)N/N=C/c1ccc(Br)cc1. The van der Waals surface area contributed by atoms with Gasteiger partial charge in [0.15, 0.2) is 5.69 Å². The Labute approximate surface area is 143 Å². The molecular weight excluding hydrogens is 380 g/mol. The lowest BCUT2D eigenvalue weighted by atomic mass is 10.2. The molecule has 0 bridgehead atoms. The first-order chi connectivity index (χ1) is 11.6. The summed E-state index contributed by atoms with van der Waals surface area (Å²) in [5, 5.41) is 18.6. The number of carbonyl (C=O) groups is 1. The second-order valence-corrected chi connectivity index (χ2v) is 5.57. The summed E-state index contributed by atoms with van der Waals surface area (Å²) in [5.41, 5.74) is 9.37. The highest BCUT2D eigenvalue weighted by molar-refractivity contribution is 9.10. The molecule has 0 fully saturated rings. The maximum Gasteiger partial charge on any atom is 0.292 e. The number of anilines is 1. The molecule has 0 aliphatic heterocycles. The zero-order valence-corrected chi connectivity index (χ0v) is 13.9. The van der Waals surface area contributed by atoms with Gasteiger partial charge in [-0.1, -0.05) is 33.3 Å². The largest absolute Gasteiger partial charge is 0.378 e. The maximum absolute atomic E-state index is 12.3. The first-order valence-electron chi connectivity index (χ1n) is 6.66. The first kappa shape index (κ1) is 15.8. The Hall–Kier alpha value is -3.08. The van der Waals surface area contributed by atoms with Crippen LogP contribution in [-0.2, 0) is 0 Å². The summed E-state index contributed by atoms with van der Waals surface area (Å²) in [6.07, 6.45) is 1.51. The molecule has 122 valence electrons. The zero-order chi connectivity index (χ0) is 17.1. The molecule has 3 N–H and O–H groups in total. The summed E-state index contributed by atoms with van der Waals surface area (Å²) in [6, 6.07) is 7.43. The summed E-state index contributed by atoms with van der Waals surface area (Å²) in [4.78, 5) is 12.3. The molecule has 24 heavy (non-hydrogen) atoms. The van der Waals surface area contributed by atoms with Crippen molar-refractivity contribution in [1.82, 2.24) is 30.7 Å². The first-order valence-corrected chi connectivity index (χ1v) is 7.45. The molecule has 0 unspecified atom stereocenters. The molecule has 1 aromatic carbocycles. The van der Waals surface area contributed by atoms with Crippen LogP contribution in [0.3, 0.4) is 0 Å². The molecule has 0 saturated heterocycles. The normalized spacial score (nSPS) is 11.1. The summed E-state index contributed by atoms with van der Waals surface area (Å²) in [5.74, 6) is -0.446. The average molecular weight is 391 g/mol. The summed E-state index contributed by atoms with van der Waals surface area (Å²) >= 11 is 3.34. The Morgan fingerprint density at radius 1 is 1.38 bits per heavy atom. The third kappa shape index (κ3) is 3.15. The van der Waals surface area contributed by atoms with Crippen LogP contribution in [0.25, 0.3) is 5.82 Å². The van der Waals surface area contributed by atoms with Crippen molar-refractivity contribution in [2.75, 3.05) is 5.73 Å². The average Bonchev–Trinajstić information content (AvgIpc) is 3.14. The molecule has 2 aromatic heterocycles. The van der Waals surface area contributed by atoms with Crippen LogP contribution in [-0.4, -0.2) is 37.4 Å². The van der Waals surface area contributed by atoms with E-state index in [2.05, 4.69) is 51.7 Å². The fourth-order valence-electron chi connectivity index (χ4n) is 1.87. The van der Waals surface area contributed by atoms with Gasteiger partial charge >= 0.3 is 0 Å². The molecule has 0 atom stereocenters. The molecule has 0 spiro atoms. The van der Waals surface area contributed by atoms with Crippen molar-refractivity contribution in [2.24, 2.45) is 5.10 Å². The van der Waals surface area contributed by atoms with E-state index >= 15 is 0 Å². The van der Waals surface area contributed by atoms with E-state index in [1.165, 1.54) is 6.21 Å². The van der Waals surface area contributed by atoms with E-state index in [1.54, 1.807) is 6.92 Å². The predicted molar refractivity (Wildman–Crippen MR) is 87.6 cm³/mol. The molecule has 3 aromatic rings. The van der Waals surface area contributed by atoms with Gasteiger partial charge in [-0.2, -0.15) is 9.78 Å². The van der Waals surface area contributed by atoms with Crippen LogP contribution in [0.1, 0.15) is 21.7 Å². The van der Waals surface area contributed by atoms with Gasteiger partial charge in [0.05, 0.1) is 11.9 Å². The van der Waals surface area contributed by atoms with Crippen LogP contribution >= 0.6 is 15.9 Å². The number of hydrogen-bond acceptors (Lipinski definition) is 8. The number of amides is 1. The number of rotatable bonds is 4. The minimum Gasteiger partial charge on any atom is -0.378 e. The molecule has 0 aliphatic carbocycles. The Bertz CT molecular complexity index is 899. The number of aromatic nitrogens is 5. The molecule has 0 saturated carbocycles. The van der Waals surface area contributed by atoms with Gasteiger partial charge in [0.25, 0.3) is 5.91 Å². The summed E-state index contributed by atoms with van der Waals surface area (Å²) in [6.45, 7) is 1.63. The lowest BCUT2D eigenvalue weighted by molar-refractivity contribution is 0.0946. The predicted octanol–water partition coefficient (Wildman–Crippen LogP) is 1.07. The Morgan fingerprint density at radius 2 is 2.12 bits per heavy atom. The Balaban J connectivity index is 1.80. The third-order valence-electron chi connectivity index (χ3n) is 3.00. The van der Waals surface area contributed by atoms with E-state index in [9.17, 15) is 4.79 Å². The minimum absolute atomic E-state index is 0.00712. The molecular formula is C13H11BrN8O2. The van der Waals surface area contributed by atoms with Crippen molar-refractivity contribution >= 4 is 33.9 Å². The number of benzene rings is 1. The number of nitrogen functional groups attached to an aromatic ring is 1. The van der Waals surface area contributed by atoms with Gasteiger partial charge in [0.2, 0.25) is 11.6 Å². The second-order valence-electron chi connectivity index (χ2n) is 4.66. The molecule has 11 heteroatoms. The van der Waals surface area contributed by atoms with Crippen LogP contribution in [0, 0.1) is 6.92 Å². The van der Waals surface area contributed by atoms with E-state index in [0.717, 1.165) is 14.7 Å². The van der Waals surface area contributed by atoms with Gasteiger partial charge in [0, 0.05) is 4.47 Å². The highest BCUT2D eigenvalue weighted by Gasteiger charge is 2.22. The number of carbonyl (C=O) groups excluding carboxylic acids is 1. The van der Waals surface area contributed by atoms with E-state index in [1.807, 2.05) is 24.3 Å². The minimum atomic E-state index is -0.520. The number of halogens is 1. The number of nitrogens with zero attached hydrogens (tertiary/aromatic N) is 6. The molecule has 1 amide bonds. The van der Waals surface area contributed by atoms with Gasteiger partial charge in [-0.15, -0.1) is 5.10 Å². The quantitative estimate of drug-likeness (QED) is 0.501. The number of aryl methyl sites for hydroxylation is 1. The van der Waals surface area contributed by atoms with Crippen molar-refractivity contribution in [3.63, 3.8) is 0 Å². The van der Waals surface area contributed by atoms with Crippen molar-refractivity contribution in [3.8, 4) is 5.82 Å². The van der Waals surface area contributed by atoms with E-state index < -0.39 is 5.91 Å². The van der Waals surface area contributed by atoms with Crippen LogP contribution in [0.15, 0.2) is 38.5 Å². The number of hydrazone groups is 1. The highest BCUT2D eigenvalue weighted by atomic mass is 79.9. The standard InChI is InChI=1S/C13H11BrN8O2/c1-7-10(22(21-17-7)12-11(15)19-24-20-12)13(23)18-16-6-8-2-4-9(14)5-3-8/h2-6H,1H3,(H2,15,19)(H,18,23)/b16-6+. The lowest BCUT2D eigenvalue weighted by Crippen LogP contribution is -2.22. The van der Waals surface area contributed by atoms with Crippen LogP contribution in [0.5, 0.6) is 0 Å². The van der Waals surface area contributed by atoms with E-state index in [0.29, 0.717) is 5.69 Å². The summed E-state index contributed by atoms with van der Waals surface area (Å²) < 4.78 is 6.61. The number of nitrogens with two attached hydrogens (primary N) is 1. The maximum atomic E-state index is 12.3. The lowest BCUT2D eigenvalue weighted by Gasteiger charge is -2.02. The zero-order valence-electron chi connectivity index (χ0n) is 12.3. The van der Waals surface area contributed by atoms with Crippen LogP contribution < -0.4 is 11.2 Å². The molecule has 10 nitrogen and oxygen atoms in total. The number of nitrogens with one attached hydrogen (secondary N) is 1. The molecule has 3 rings (SSSR count). The Morgan fingerprint density at radius 3 is 2.79 bits per heavy atom. The number of hydrogen-bond donors (Lipinski definition) is 2. The van der Waals surface area contributed by atoms with Gasteiger partial charge in [-0.25, -0.2) is 10.1 Å². The van der Waals surface area contributed by atoms with Gasteiger partial charge in [-0.05, 0) is 34.9 Å². The van der Waals surface area contributed by atoms with Crippen molar-refractivity contribution in [2.45, 2.75) is 6.92 Å². The fraction of sp³-hybridized carbons (Fsp3) is 0.0769. The monoisotopic (exact) mass is 390 g/mol. The summed E-state index contributed by atoms with van der Waals surface area (Å²) in [7, 11) is 0. The molecule has 2 heterocycles. The van der Waals surface area contributed by atoms with Crippen molar-refractivity contribution in [1.29, 1.82) is 0 Å². The van der Waals surface area contributed by atoms with Gasteiger partial charge in [-0.3, -0.25) is 4.79 Å². The van der Waals surface area contributed by atoms with Crippen molar-refractivity contribution in [3.05, 3.63) is 45.7 Å². The fourth-order valence-corrected chi connectivity index (χ4v) is 2.14. The second kappa shape index (κ2) is 6.58. The van der Waals surface area contributed by atoms with Gasteiger partial charge < -0.3 is 5.73 Å². The van der Waals surface area contributed by atoms with Crippen molar-refractivity contribution < 1.29 is 9.42 Å². The third-order valence-corrected chi connectivity index (χ3v) is 3.53. The highest BCUT2D eigenvalue weighted by Crippen LogP contribution is 2.15. The molecule has 0 aliphatic rings. The topological polar surface area (TPSA) is 137 Å². The van der Waals surface area contributed by atoms with Crippen LogP contribution in [0.2, 0.25) is 0 Å².